The Hall–Kier alpha value is -3.77. The smallest absolute Gasteiger partial charge is 0.253 e. The first-order valence-corrected chi connectivity index (χ1v) is 10.8. The normalized spacial score (nSPS) is 11.0. The molecule has 5 rings (SSSR count). The zero-order valence-corrected chi connectivity index (χ0v) is 17.8. The number of nitrogens with zero attached hydrogens (tertiary/aromatic N) is 4. The Kier molecular flexibility index (Phi) is 5.06. The number of benzene rings is 3. The number of fused-ring (bicyclic) bond motifs is 1. The van der Waals surface area contributed by atoms with E-state index in [9.17, 15) is 4.79 Å². The molecule has 0 bridgehead atoms. The first-order chi connectivity index (χ1) is 15.2. The second-order valence-corrected chi connectivity index (χ2v) is 8.23. The van der Waals surface area contributed by atoms with Crippen LogP contribution in [0.4, 0.5) is 0 Å². The van der Waals surface area contributed by atoms with Crippen molar-refractivity contribution in [1.29, 1.82) is 0 Å². The molecule has 0 radical (unpaired) electrons. The third-order valence-electron chi connectivity index (χ3n) is 5.19. The summed E-state index contributed by atoms with van der Waals surface area (Å²) in [4.78, 5) is 19.2. The largest absolute Gasteiger partial charge is 0.337 e. The van der Waals surface area contributed by atoms with Crippen LogP contribution in [0.1, 0.15) is 15.9 Å². The van der Waals surface area contributed by atoms with Gasteiger partial charge in [-0.05, 0) is 30.3 Å². The first kappa shape index (κ1) is 19.2. The van der Waals surface area contributed by atoms with E-state index in [0.717, 1.165) is 32.7 Å². The summed E-state index contributed by atoms with van der Waals surface area (Å²) in [6.45, 7) is 0.455. The Bertz CT molecular complexity index is 1340. The van der Waals surface area contributed by atoms with Crippen LogP contribution in [0.25, 0.3) is 27.2 Å². The van der Waals surface area contributed by atoms with Gasteiger partial charge in [-0.15, -0.1) is 11.3 Å². The van der Waals surface area contributed by atoms with Crippen LogP contribution in [0.5, 0.6) is 0 Å². The summed E-state index contributed by atoms with van der Waals surface area (Å²) >= 11 is 1.54. The number of hydrogen-bond acceptors (Lipinski definition) is 4. The molecule has 0 aliphatic carbocycles. The molecule has 3 aromatic carbocycles. The molecule has 0 N–H and O–H groups in total. The third-order valence-corrected chi connectivity index (χ3v) is 5.98. The van der Waals surface area contributed by atoms with Crippen molar-refractivity contribution in [2.75, 3.05) is 7.05 Å². The Morgan fingerprint density at radius 2 is 1.74 bits per heavy atom. The van der Waals surface area contributed by atoms with E-state index in [1.165, 1.54) is 0 Å². The fourth-order valence-corrected chi connectivity index (χ4v) is 4.33. The minimum absolute atomic E-state index is 0.0261. The van der Waals surface area contributed by atoms with Gasteiger partial charge in [0.05, 0.1) is 27.1 Å². The predicted octanol–water partition coefficient (Wildman–Crippen LogP) is 5.42. The van der Waals surface area contributed by atoms with Gasteiger partial charge in [-0.3, -0.25) is 4.79 Å². The molecule has 0 atom stereocenters. The average Bonchev–Trinajstić information content (AvgIpc) is 3.46. The van der Waals surface area contributed by atoms with Gasteiger partial charge in [-0.25, -0.2) is 9.67 Å². The van der Waals surface area contributed by atoms with Crippen LogP contribution in [0.3, 0.4) is 0 Å². The van der Waals surface area contributed by atoms with Gasteiger partial charge in [0.2, 0.25) is 0 Å². The molecular formula is C25H20N4OS. The van der Waals surface area contributed by atoms with Crippen molar-refractivity contribution < 1.29 is 4.79 Å². The molecule has 31 heavy (non-hydrogen) atoms. The lowest BCUT2D eigenvalue weighted by Crippen LogP contribution is -2.26. The molecule has 0 fully saturated rings. The average molecular weight is 425 g/mol. The molecule has 0 aliphatic rings. The maximum absolute atomic E-state index is 13.1. The Morgan fingerprint density at radius 3 is 2.52 bits per heavy atom. The minimum atomic E-state index is -0.0261. The summed E-state index contributed by atoms with van der Waals surface area (Å²) in [6, 6.07) is 25.7. The van der Waals surface area contributed by atoms with Gasteiger partial charge in [0, 0.05) is 36.5 Å². The van der Waals surface area contributed by atoms with Crippen LogP contribution in [0.2, 0.25) is 0 Å². The predicted molar refractivity (Wildman–Crippen MR) is 124 cm³/mol. The van der Waals surface area contributed by atoms with Gasteiger partial charge in [-0.2, -0.15) is 5.10 Å². The van der Waals surface area contributed by atoms with E-state index < -0.39 is 0 Å². The number of thiazole rings is 1. The quantitative estimate of drug-likeness (QED) is 0.378. The fraction of sp³-hybridized carbons (Fsp3) is 0.0800. The summed E-state index contributed by atoms with van der Waals surface area (Å²) in [5.41, 5.74) is 7.25. The van der Waals surface area contributed by atoms with E-state index in [0.29, 0.717) is 12.1 Å². The minimum Gasteiger partial charge on any atom is -0.337 e. The molecule has 5 aromatic rings. The number of aromatic nitrogens is 3. The third kappa shape index (κ3) is 3.85. The number of carbonyl (C=O) groups excluding carboxylic acids is 1. The number of rotatable bonds is 5. The summed E-state index contributed by atoms with van der Waals surface area (Å²) in [5.74, 6) is -0.0261. The van der Waals surface area contributed by atoms with E-state index in [4.69, 9.17) is 5.10 Å². The van der Waals surface area contributed by atoms with Crippen LogP contribution in [0.15, 0.2) is 90.6 Å². The van der Waals surface area contributed by atoms with Gasteiger partial charge >= 0.3 is 0 Å². The van der Waals surface area contributed by atoms with Crippen LogP contribution in [-0.2, 0) is 6.54 Å². The molecule has 152 valence electrons. The van der Waals surface area contributed by atoms with E-state index in [1.807, 2.05) is 96.8 Å². The number of para-hydroxylation sites is 1. The first-order valence-electron chi connectivity index (χ1n) is 9.97. The zero-order valence-electron chi connectivity index (χ0n) is 17.0. The van der Waals surface area contributed by atoms with Crippen molar-refractivity contribution in [2.24, 2.45) is 0 Å². The molecule has 0 saturated heterocycles. The molecule has 1 amide bonds. The molecule has 0 unspecified atom stereocenters. The SMILES string of the molecule is CN(Cc1cn(-c2ccccc2)nc1-c1ccccc1)C(=O)c1ccc2ncsc2c1. The second-order valence-electron chi connectivity index (χ2n) is 7.35. The molecule has 0 aliphatic heterocycles. The Morgan fingerprint density at radius 1 is 1.00 bits per heavy atom. The lowest BCUT2D eigenvalue weighted by Gasteiger charge is -2.17. The maximum atomic E-state index is 13.1. The van der Waals surface area contributed by atoms with Gasteiger partial charge in [-0.1, -0.05) is 48.5 Å². The molecule has 0 saturated carbocycles. The van der Waals surface area contributed by atoms with Crippen molar-refractivity contribution in [3.63, 3.8) is 0 Å². The summed E-state index contributed by atoms with van der Waals surface area (Å²) < 4.78 is 2.89. The molecule has 5 nitrogen and oxygen atoms in total. The maximum Gasteiger partial charge on any atom is 0.253 e. The summed E-state index contributed by atoms with van der Waals surface area (Å²) in [5, 5.41) is 4.84. The highest BCUT2D eigenvalue weighted by Gasteiger charge is 2.18. The van der Waals surface area contributed by atoms with E-state index in [2.05, 4.69) is 4.98 Å². The second kappa shape index (κ2) is 8.16. The molecule has 0 spiro atoms. The number of amides is 1. The van der Waals surface area contributed by atoms with Crippen LogP contribution < -0.4 is 0 Å². The van der Waals surface area contributed by atoms with Crippen molar-refractivity contribution in [2.45, 2.75) is 6.54 Å². The number of hydrogen-bond donors (Lipinski definition) is 0. The summed E-state index contributed by atoms with van der Waals surface area (Å²) in [7, 11) is 1.83. The summed E-state index contributed by atoms with van der Waals surface area (Å²) in [6.07, 6.45) is 2.01. The van der Waals surface area contributed by atoms with Crippen molar-refractivity contribution >= 4 is 27.5 Å². The van der Waals surface area contributed by atoms with Gasteiger partial charge in [0.15, 0.2) is 0 Å². The lowest BCUT2D eigenvalue weighted by atomic mass is 10.1. The van der Waals surface area contributed by atoms with E-state index in [1.54, 1.807) is 21.7 Å². The van der Waals surface area contributed by atoms with E-state index >= 15 is 0 Å². The molecule has 2 heterocycles. The topological polar surface area (TPSA) is 51.0 Å². The van der Waals surface area contributed by atoms with Crippen molar-refractivity contribution in [3.05, 3.63) is 102 Å². The van der Waals surface area contributed by atoms with E-state index in [-0.39, 0.29) is 5.91 Å². The van der Waals surface area contributed by atoms with Crippen molar-refractivity contribution in [1.82, 2.24) is 19.7 Å². The highest BCUT2D eigenvalue weighted by Crippen LogP contribution is 2.26. The highest BCUT2D eigenvalue weighted by atomic mass is 32.1. The monoisotopic (exact) mass is 424 g/mol. The lowest BCUT2D eigenvalue weighted by molar-refractivity contribution is 0.0785. The van der Waals surface area contributed by atoms with Crippen molar-refractivity contribution in [3.8, 4) is 16.9 Å². The fourth-order valence-electron chi connectivity index (χ4n) is 3.61. The molecular weight excluding hydrogens is 404 g/mol. The Balaban J connectivity index is 1.48. The molecule has 6 heteroatoms. The van der Waals surface area contributed by atoms with Crippen LogP contribution >= 0.6 is 11.3 Å². The highest BCUT2D eigenvalue weighted by molar-refractivity contribution is 7.16. The van der Waals surface area contributed by atoms with Crippen LogP contribution in [-0.4, -0.2) is 32.6 Å². The van der Waals surface area contributed by atoms with Gasteiger partial charge in [0.25, 0.3) is 5.91 Å². The van der Waals surface area contributed by atoms with Crippen LogP contribution in [0, 0.1) is 0 Å². The Labute approximate surface area is 184 Å². The van der Waals surface area contributed by atoms with Gasteiger partial charge < -0.3 is 4.90 Å². The molecule has 2 aromatic heterocycles. The zero-order chi connectivity index (χ0) is 21.2. The number of carbonyl (C=O) groups is 1. The van der Waals surface area contributed by atoms with Gasteiger partial charge in [0.1, 0.15) is 0 Å². The standard InChI is InChI=1S/C25H20N4OS/c1-28(25(30)19-12-13-22-23(14-19)31-17-26-22)15-20-16-29(21-10-6-3-7-11-21)27-24(20)18-8-4-2-5-9-18/h2-14,16-17H,15H2,1H3.